The normalized spacial score (nSPS) is 13.3. The number of benzene rings is 8. The minimum absolute atomic E-state index is 0.0586. The van der Waals surface area contributed by atoms with Gasteiger partial charge in [-0.2, -0.15) is 0 Å². The lowest BCUT2D eigenvalue weighted by atomic mass is 9.79. The molecule has 8 aromatic carbocycles. The Labute approximate surface area is 270 Å². The first-order chi connectivity index (χ1) is 22.5. The molecule has 0 nitrogen and oxygen atoms in total. The molecule has 46 heavy (non-hydrogen) atoms. The summed E-state index contributed by atoms with van der Waals surface area (Å²) in [5, 5.41) is 7.70. The standard InChI is InChI=1S/C46H34/c1-29-24-26-36-39(28-29)42(38-21-13-23-41-43(38)37-20-11-12-22-40(37)46(41,2)3)34-18-9-10-19-35(34)45(36)44-32-17-8-7-16-31(32)25-27-33(44)30-14-5-4-6-15-30/h4-28H,1-3H3. The van der Waals surface area contributed by atoms with E-state index >= 15 is 0 Å². The van der Waals surface area contributed by atoms with Gasteiger partial charge in [0.15, 0.2) is 0 Å². The highest BCUT2D eigenvalue weighted by Crippen LogP contribution is 2.55. The van der Waals surface area contributed by atoms with Gasteiger partial charge in [-0.05, 0) is 94.9 Å². The maximum Gasteiger partial charge on any atom is 0.0159 e. The van der Waals surface area contributed by atoms with Crippen molar-refractivity contribution in [3.8, 4) is 44.5 Å². The SMILES string of the molecule is Cc1ccc2c(-c3c(-c4ccccc4)ccc4ccccc34)c3ccccc3c(-c3cccc4c3-c3ccccc3C4(C)C)c2c1. The van der Waals surface area contributed by atoms with Gasteiger partial charge < -0.3 is 0 Å². The molecule has 0 heterocycles. The molecule has 0 radical (unpaired) electrons. The molecule has 0 bridgehead atoms. The molecular weight excluding hydrogens is 553 g/mol. The van der Waals surface area contributed by atoms with Crippen molar-refractivity contribution in [2.75, 3.05) is 0 Å². The third-order valence-corrected chi connectivity index (χ3v) is 10.3. The highest BCUT2D eigenvalue weighted by atomic mass is 14.4. The molecule has 0 heteroatoms. The molecule has 1 aliphatic rings. The van der Waals surface area contributed by atoms with Crippen molar-refractivity contribution in [2.24, 2.45) is 0 Å². The van der Waals surface area contributed by atoms with Gasteiger partial charge in [0.05, 0.1) is 0 Å². The zero-order valence-electron chi connectivity index (χ0n) is 26.4. The second-order valence-electron chi connectivity index (χ2n) is 13.3. The van der Waals surface area contributed by atoms with Gasteiger partial charge in [-0.3, -0.25) is 0 Å². The van der Waals surface area contributed by atoms with Crippen molar-refractivity contribution in [2.45, 2.75) is 26.2 Å². The summed E-state index contributed by atoms with van der Waals surface area (Å²) in [6.45, 7) is 6.96. The van der Waals surface area contributed by atoms with E-state index in [4.69, 9.17) is 0 Å². The van der Waals surface area contributed by atoms with Crippen LogP contribution in [0.1, 0.15) is 30.5 Å². The molecule has 218 valence electrons. The van der Waals surface area contributed by atoms with Crippen LogP contribution in [0, 0.1) is 6.92 Å². The molecule has 0 amide bonds. The maximum atomic E-state index is 2.42. The van der Waals surface area contributed by atoms with Crippen molar-refractivity contribution in [1.82, 2.24) is 0 Å². The predicted molar refractivity (Wildman–Crippen MR) is 198 cm³/mol. The molecule has 1 aliphatic carbocycles. The Kier molecular flexibility index (Phi) is 5.86. The number of rotatable bonds is 3. The van der Waals surface area contributed by atoms with Gasteiger partial charge in [0, 0.05) is 5.41 Å². The first-order valence-electron chi connectivity index (χ1n) is 16.3. The lowest BCUT2D eigenvalue weighted by molar-refractivity contribution is 0.660. The van der Waals surface area contributed by atoms with E-state index in [1.807, 2.05) is 0 Å². The molecule has 0 spiro atoms. The molecule has 0 aliphatic heterocycles. The zero-order valence-corrected chi connectivity index (χ0v) is 26.4. The molecule has 0 saturated carbocycles. The predicted octanol–water partition coefficient (Wildman–Crippen LogP) is 12.8. The zero-order chi connectivity index (χ0) is 31.0. The van der Waals surface area contributed by atoms with Crippen molar-refractivity contribution in [3.63, 3.8) is 0 Å². The minimum atomic E-state index is -0.0586. The quantitative estimate of drug-likeness (QED) is 0.181. The lowest BCUT2D eigenvalue weighted by Gasteiger charge is -2.23. The van der Waals surface area contributed by atoms with Gasteiger partial charge in [0.1, 0.15) is 0 Å². The molecule has 0 saturated heterocycles. The van der Waals surface area contributed by atoms with E-state index in [1.165, 1.54) is 93.5 Å². The Morgan fingerprint density at radius 2 is 1.00 bits per heavy atom. The van der Waals surface area contributed by atoms with Gasteiger partial charge in [-0.15, -0.1) is 0 Å². The third-order valence-electron chi connectivity index (χ3n) is 10.3. The van der Waals surface area contributed by atoms with Crippen LogP contribution >= 0.6 is 0 Å². The van der Waals surface area contributed by atoms with Crippen molar-refractivity contribution >= 4 is 32.3 Å². The first kappa shape index (κ1) is 26.9. The van der Waals surface area contributed by atoms with Gasteiger partial charge in [0.25, 0.3) is 0 Å². The van der Waals surface area contributed by atoms with E-state index in [1.54, 1.807) is 0 Å². The number of hydrogen-bond donors (Lipinski definition) is 0. The summed E-state index contributed by atoms with van der Waals surface area (Å²) in [6.07, 6.45) is 0. The topological polar surface area (TPSA) is 0 Å². The fourth-order valence-electron chi connectivity index (χ4n) is 8.21. The average molecular weight is 587 g/mol. The van der Waals surface area contributed by atoms with Gasteiger partial charge in [0.2, 0.25) is 0 Å². The molecule has 0 aromatic heterocycles. The van der Waals surface area contributed by atoms with Crippen molar-refractivity contribution in [3.05, 3.63) is 168 Å². The number of fused-ring (bicyclic) bond motifs is 6. The van der Waals surface area contributed by atoms with E-state index < -0.39 is 0 Å². The van der Waals surface area contributed by atoms with Gasteiger partial charge >= 0.3 is 0 Å². The summed E-state index contributed by atoms with van der Waals surface area (Å²) in [4.78, 5) is 0. The van der Waals surface area contributed by atoms with Crippen LogP contribution in [0.5, 0.6) is 0 Å². The summed E-state index contributed by atoms with van der Waals surface area (Å²) in [5.41, 5.74) is 14.5. The monoisotopic (exact) mass is 586 g/mol. The summed E-state index contributed by atoms with van der Waals surface area (Å²) in [5.74, 6) is 0. The Morgan fingerprint density at radius 3 is 1.83 bits per heavy atom. The fourth-order valence-corrected chi connectivity index (χ4v) is 8.21. The second kappa shape index (κ2) is 10.0. The summed E-state index contributed by atoms with van der Waals surface area (Å²) in [7, 11) is 0. The van der Waals surface area contributed by atoms with Crippen LogP contribution < -0.4 is 0 Å². The average Bonchev–Trinajstić information content (AvgIpc) is 3.33. The molecule has 0 unspecified atom stereocenters. The Morgan fingerprint density at radius 1 is 0.370 bits per heavy atom. The molecular formula is C46H34. The highest BCUT2D eigenvalue weighted by molar-refractivity contribution is 6.26. The third kappa shape index (κ3) is 3.80. The fraction of sp³-hybridized carbons (Fsp3) is 0.0870. The minimum Gasteiger partial charge on any atom is -0.0622 e. The molecule has 0 N–H and O–H groups in total. The Balaban J connectivity index is 1.48. The Hall–Kier alpha value is -5.46. The first-order valence-corrected chi connectivity index (χ1v) is 16.3. The highest BCUT2D eigenvalue weighted by Gasteiger charge is 2.37. The van der Waals surface area contributed by atoms with Crippen LogP contribution in [0.25, 0.3) is 76.8 Å². The van der Waals surface area contributed by atoms with Crippen LogP contribution in [0.2, 0.25) is 0 Å². The second-order valence-corrected chi connectivity index (χ2v) is 13.3. The molecule has 0 fully saturated rings. The van der Waals surface area contributed by atoms with Crippen molar-refractivity contribution < 1.29 is 0 Å². The van der Waals surface area contributed by atoms with Crippen LogP contribution in [-0.4, -0.2) is 0 Å². The number of hydrogen-bond acceptors (Lipinski definition) is 0. The molecule has 8 aromatic rings. The van der Waals surface area contributed by atoms with E-state index in [0.717, 1.165) is 0 Å². The smallest absolute Gasteiger partial charge is 0.0159 e. The van der Waals surface area contributed by atoms with E-state index in [2.05, 4.69) is 172 Å². The van der Waals surface area contributed by atoms with Crippen LogP contribution in [0.4, 0.5) is 0 Å². The van der Waals surface area contributed by atoms with Crippen LogP contribution in [0.3, 0.4) is 0 Å². The van der Waals surface area contributed by atoms with E-state index in [9.17, 15) is 0 Å². The number of aryl methyl sites for hydroxylation is 1. The summed E-state index contributed by atoms with van der Waals surface area (Å²) in [6, 6.07) is 56.4. The molecule has 0 atom stereocenters. The van der Waals surface area contributed by atoms with Gasteiger partial charge in [-0.25, -0.2) is 0 Å². The largest absolute Gasteiger partial charge is 0.0622 e. The Bertz CT molecular complexity index is 2490. The molecule has 9 rings (SSSR count). The van der Waals surface area contributed by atoms with Crippen LogP contribution in [-0.2, 0) is 5.41 Å². The van der Waals surface area contributed by atoms with Crippen molar-refractivity contribution in [1.29, 1.82) is 0 Å². The maximum absolute atomic E-state index is 2.42. The van der Waals surface area contributed by atoms with E-state index in [0.29, 0.717) is 0 Å². The summed E-state index contributed by atoms with van der Waals surface area (Å²) >= 11 is 0. The van der Waals surface area contributed by atoms with Crippen LogP contribution in [0.15, 0.2) is 152 Å². The summed E-state index contributed by atoms with van der Waals surface area (Å²) < 4.78 is 0. The van der Waals surface area contributed by atoms with E-state index in [-0.39, 0.29) is 5.41 Å². The van der Waals surface area contributed by atoms with Gasteiger partial charge in [-0.1, -0.05) is 171 Å². The lowest BCUT2D eigenvalue weighted by Crippen LogP contribution is -2.14.